The first-order valence-corrected chi connectivity index (χ1v) is 7.50. The molecule has 0 aromatic heterocycles. The maximum absolute atomic E-state index is 9.02. The van der Waals surface area contributed by atoms with Gasteiger partial charge >= 0.3 is 0 Å². The van der Waals surface area contributed by atoms with Crippen LogP contribution in [0.15, 0.2) is 59.2 Å². The van der Waals surface area contributed by atoms with Crippen LogP contribution in [0.1, 0.15) is 18.1 Å². The summed E-state index contributed by atoms with van der Waals surface area (Å²) in [7, 11) is 4.04. The number of nitriles is 1. The van der Waals surface area contributed by atoms with Gasteiger partial charge in [0.15, 0.2) is 0 Å². The third-order valence-electron chi connectivity index (χ3n) is 3.57. The molecule has 0 atom stereocenters. The van der Waals surface area contributed by atoms with Crippen molar-refractivity contribution in [3.8, 4) is 6.07 Å². The largest absolute Gasteiger partial charge is 0.462 e. The molecular formula is C20H19N3O. The van der Waals surface area contributed by atoms with Gasteiger partial charge in [0.1, 0.15) is 11.5 Å². The smallest absolute Gasteiger partial charge is 0.269 e. The Balaban J connectivity index is 2.30. The van der Waals surface area contributed by atoms with Gasteiger partial charge in [-0.3, -0.25) is 0 Å². The maximum atomic E-state index is 9.02. The lowest BCUT2D eigenvalue weighted by Gasteiger charge is -2.16. The minimum absolute atomic E-state index is 0.0646. The van der Waals surface area contributed by atoms with Gasteiger partial charge in [0.05, 0.1) is 12.6 Å². The van der Waals surface area contributed by atoms with Gasteiger partial charge in [-0.2, -0.15) is 0 Å². The number of rotatable bonds is 3. The standard InChI is InChI=1S/C20H19N3O/c1-14-10-16(7-9-20(14)23(4)5)6-8-18-12-17(11-15(2)24-18)19(13-21)22-3/h6-12H,1-2,4-5H3/b8-6+,19-17-. The SMILES string of the molecule is [C-]#[N+]/C(C#N)=C1/C=C(C)OC(/C=C/c2ccc(N(C)C)c(C)c2)=C1. The van der Waals surface area contributed by atoms with Crippen LogP contribution < -0.4 is 4.90 Å². The number of anilines is 1. The molecule has 0 saturated heterocycles. The summed E-state index contributed by atoms with van der Waals surface area (Å²) in [6.07, 6.45) is 7.21. The summed E-state index contributed by atoms with van der Waals surface area (Å²) >= 11 is 0. The van der Waals surface area contributed by atoms with E-state index in [-0.39, 0.29) is 5.70 Å². The van der Waals surface area contributed by atoms with Gasteiger partial charge in [-0.15, -0.1) is 0 Å². The Hall–Kier alpha value is -3.24. The second kappa shape index (κ2) is 7.35. The second-order valence-electron chi connectivity index (χ2n) is 5.70. The highest BCUT2D eigenvalue weighted by Gasteiger charge is 2.10. The quantitative estimate of drug-likeness (QED) is 0.605. The highest BCUT2D eigenvalue weighted by atomic mass is 16.5. The highest BCUT2D eigenvalue weighted by molar-refractivity contribution is 5.61. The van der Waals surface area contributed by atoms with Crippen LogP contribution in [0.3, 0.4) is 0 Å². The van der Waals surface area contributed by atoms with E-state index in [2.05, 4.69) is 28.8 Å². The van der Waals surface area contributed by atoms with E-state index in [0.29, 0.717) is 17.1 Å². The molecule has 1 heterocycles. The summed E-state index contributed by atoms with van der Waals surface area (Å²) in [5.41, 5.74) is 4.08. The highest BCUT2D eigenvalue weighted by Crippen LogP contribution is 2.24. The van der Waals surface area contributed by atoms with E-state index in [1.165, 1.54) is 11.3 Å². The zero-order valence-electron chi connectivity index (χ0n) is 14.3. The fraction of sp³-hybridized carbons (Fsp3) is 0.200. The molecule has 1 aromatic rings. The average Bonchev–Trinajstić information content (AvgIpc) is 2.53. The van der Waals surface area contributed by atoms with Crippen molar-refractivity contribution >= 4 is 11.8 Å². The number of nitrogens with zero attached hydrogens (tertiary/aromatic N) is 3. The van der Waals surface area contributed by atoms with Crippen LogP contribution in [0.5, 0.6) is 0 Å². The van der Waals surface area contributed by atoms with Crippen molar-refractivity contribution in [2.24, 2.45) is 0 Å². The fourth-order valence-corrected chi connectivity index (χ4v) is 2.49. The van der Waals surface area contributed by atoms with Gasteiger partial charge in [0, 0.05) is 19.8 Å². The van der Waals surface area contributed by atoms with Crippen molar-refractivity contribution in [2.45, 2.75) is 13.8 Å². The second-order valence-corrected chi connectivity index (χ2v) is 5.70. The molecule has 1 aromatic carbocycles. The van der Waals surface area contributed by atoms with Crippen LogP contribution in [-0.4, -0.2) is 14.1 Å². The molecule has 4 nitrogen and oxygen atoms in total. The van der Waals surface area contributed by atoms with Gasteiger partial charge < -0.3 is 9.64 Å². The Labute approximate surface area is 143 Å². The van der Waals surface area contributed by atoms with E-state index < -0.39 is 0 Å². The van der Waals surface area contributed by atoms with Crippen molar-refractivity contribution in [2.75, 3.05) is 19.0 Å². The van der Waals surface area contributed by atoms with E-state index in [0.717, 1.165) is 5.56 Å². The van der Waals surface area contributed by atoms with E-state index in [1.807, 2.05) is 38.4 Å². The van der Waals surface area contributed by atoms with E-state index in [1.54, 1.807) is 19.1 Å². The lowest BCUT2D eigenvalue weighted by atomic mass is 10.1. The molecule has 1 aliphatic rings. The molecule has 0 fully saturated rings. The van der Waals surface area contributed by atoms with Crippen molar-refractivity contribution < 1.29 is 4.74 Å². The number of benzene rings is 1. The summed E-state index contributed by atoms with van der Waals surface area (Å²) in [6, 6.07) is 8.14. The number of ether oxygens (including phenoxy) is 1. The molecule has 4 heteroatoms. The summed E-state index contributed by atoms with van der Waals surface area (Å²) in [6.45, 7) is 10.9. The lowest BCUT2D eigenvalue weighted by molar-refractivity contribution is 0.318. The van der Waals surface area contributed by atoms with Gasteiger partial charge in [0.25, 0.3) is 5.70 Å². The summed E-state index contributed by atoms with van der Waals surface area (Å²) in [5, 5.41) is 9.02. The average molecular weight is 317 g/mol. The van der Waals surface area contributed by atoms with Crippen LogP contribution >= 0.6 is 0 Å². The van der Waals surface area contributed by atoms with Crippen molar-refractivity contribution in [3.63, 3.8) is 0 Å². The normalized spacial score (nSPS) is 15.8. The first-order valence-electron chi connectivity index (χ1n) is 7.50. The predicted octanol–water partition coefficient (Wildman–Crippen LogP) is 4.59. The van der Waals surface area contributed by atoms with Gasteiger partial charge in [-0.05, 0) is 60.9 Å². The van der Waals surface area contributed by atoms with Gasteiger partial charge in [-0.25, -0.2) is 10.1 Å². The Morgan fingerprint density at radius 1 is 1.25 bits per heavy atom. The Kier molecular flexibility index (Phi) is 5.24. The zero-order valence-corrected chi connectivity index (χ0v) is 14.3. The maximum Gasteiger partial charge on any atom is 0.269 e. The molecule has 0 unspecified atom stereocenters. The predicted molar refractivity (Wildman–Crippen MR) is 96.7 cm³/mol. The molecule has 0 saturated carbocycles. The van der Waals surface area contributed by atoms with Crippen LogP contribution in [0.4, 0.5) is 5.69 Å². The molecule has 0 bridgehead atoms. The van der Waals surface area contributed by atoms with E-state index in [9.17, 15) is 0 Å². The summed E-state index contributed by atoms with van der Waals surface area (Å²) < 4.78 is 5.65. The zero-order chi connectivity index (χ0) is 17.7. The Morgan fingerprint density at radius 2 is 2.00 bits per heavy atom. The number of hydrogen-bond acceptors (Lipinski definition) is 3. The first kappa shape index (κ1) is 17.1. The summed E-state index contributed by atoms with van der Waals surface area (Å²) in [5.74, 6) is 1.26. The molecule has 0 radical (unpaired) electrons. The van der Waals surface area contributed by atoms with Crippen LogP contribution in [0.2, 0.25) is 0 Å². The first-order chi connectivity index (χ1) is 11.4. The van der Waals surface area contributed by atoms with Crippen molar-refractivity contribution in [1.82, 2.24) is 0 Å². The summed E-state index contributed by atoms with van der Waals surface area (Å²) in [4.78, 5) is 5.33. The molecule has 2 rings (SSSR count). The third-order valence-corrected chi connectivity index (χ3v) is 3.57. The fourth-order valence-electron chi connectivity index (χ4n) is 2.49. The monoisotopic (exact) mass is 317 g/mol. The topological polar surface area (TPSA) is 40.6 Å². The van der Waals surface area contributed by atoms with Crippen molar-refractivity contribution in [1.29, 1.82) is 5.26 Å². The van der Waals surface area contributed by atoms with Crippen LogP contribution in [-0.2, 0) is 4.74 Å². The molecule has 1 aliphatic heterocycles. The van der Waals surface area contributed by atoms with Gasteiger partial charge in [0.2, 0.25) is 0 Å². The van der Waals surface area contributed by atoms with Crippen molar-refractivity contribution in [3.05, 3.63) is 81.8 Å². The molecule has 24 heavy (non-hydrogen) atoms. The third kappa shape index (κ3) is 3.94. The van der Waals surface area contributed by atoms with Crippen LogP contribution in [0, 0.1) is 24.8 Å². The Bertz CT molecular complexity index is 840. The van der Waals surface area contributed by atoms with E-state index in [4.69, 9.17) is 16.6 Å². The lowest BCUT2D eigenvalue weighted by Crippen LogP contribution is -2.09. The molecular weight excluding hydrogens is 298 g/mol. The number of allylic oxidation sites excluding steroid dienone is 6. The molecule has 0 N–H and O–H groups in total. The minimum Gasteiger partial charge on any atom is -0.462 e. The molecule has 0 spiro atoms. The molecule has 0 amide bonds. The minimum atomic E-state index is 0.0646. The number of aryl methyl sites for hydroxylation is 1. The van der Waals surface area contributed by atoms with Crippen LogP contribution in [0.25, 0.3) is 10.9 Å². The number of hydrogen-bond donors (Lipinski definition) is 0. The Morgan fingerprint density at radius 3 is 2.58 bits per heavy atom. The molecule has 0 aliphatic carbocycles. The van der Waals surface area contributed by atoms with E-state index >= 15 is 0 Å². The molecule has 120 valence electrons. The van der Waals surface area contributed by atoms with Gasteiger partial charge in [-0.1, -0.05) is 12.1 Å².